The average molecular weight is 422 g/mol. The summed E-state index contributed by atoms with van der Waals surface area (Å²) in [5.74, 6) is 0.577. The van der Waals surface area contributed by atoms with E-state index in [0.29, 0.717) is 36.5 Å². The van der Waals surface area contributed by atoms with Crippen LogP contribution in [0.25, 0.3) is 5.69 Å². The third-order valence-electron chi connectivity index (χ3n) is 5.48. The second-order valence-corrected chi connectivity index (χ2v) is 7.47. The topological polar surface area (TPSA) is 80.8 Å². The summed E-state index contributed by atoms with van der Waals surface area (Å²) >= 11 is 0. The molecule has 0 unspecified atom stereocenters. The fourth-order valence-corrected chi connectivity index (χ4v) is 3.74. The van der Waals surface area contributed by atoms with Crippen molar-refractivity contribution >= 4 is 11.9 Å². The van der Waals surface area contributed by atoms with Crippen LogP contribution >= 0.6 is 0 Å². The van der Waals surface area contributed by atoms with Gasteiger partial charge in [0.1, 0.15) is 11.3 Å². The number of carbonyl (C=O) groups is 2. The molecule has 0 bridgehead atoms. The number of aromatic nitrogens is 2. The van der Waals surface area contributed by atoms with E-state index < -0.39 is 0 Å². The van der Waals surface area contributed by atoms with Crippen LogP contribution in [0, 0.1) is 6.92 Å². The molecule has 8 heteroatoms. The molecule has 4 rings (SSSR count). The second kappa shape index (κ2) is 9.18. The number of amides is 1. The van der Waals surface area contributed by atoms with Crippen molar-refractivity contribution in [3.63, 3.8) is 0 Å². The van der Waals surface area contributed by atoms with Crippen LogP contribution in [0.2, 0.25) is 0 Å². The third kappa shape index (κ3) is 4.54. The highest BCUT2D eigenvalue weighted by atomic mass is 16.5. The average Bonchev–Trinajstić information content (AvgIpc) is 3.44. The Hall–Kier alpha value is -3.39. The minimum absolute atomic E-state index is 0.0219. The Balaban J connectivity index is 1.38. The molecule has 1 fully saturated rings. The molecule has 162 valence electrons. The number of benzene rings is 1. The Morgan fingerprint density at radius 1 is 1.10 bits per heavy atom. The zero-order chi connectivity index (χ0) is 21.8. The molecule has 2 aromatic heterocycles. The predicted octanol–water partition coefficient (Wildman–Crippen LogP) is 2.91. The number of nitrogens with zero attached hydrogens (tertiary/aromatic N) is 4. The molecule has 0 N–H and O–H groups in total. The number of hydrogen-bond acceptors (Lipinski definition) is 6. The van der Waals surface area contributed by atoms with Gasteiger partial charge < -0.3 is 14.1 Å². The van der Waals surface area contributed by atoms with Crippen molar-refractivity contribution in [3.8, 4) is 5.69 Å². The third-order valence-corrected chi connectivity index (χ3v) is 5.48. The lowest BCUT2D eigenvalue weighted by Crippen LogP contribution is -2.48. The highest BCUT2D eigenvalue weighted by Gasteiger charge is 2.23. The molecule has 1 aliphatic rings. The van der Waals surface area contributed by atoms with E-state index in [4.69, 9.17) is 9.15 Å². The van der Waals surface area contributed by atoms with Gasteiger partial charge >= 0.3 is 5.97 Å². The van der Waals surface area contributed by atoms with Gasteiger partial charge in [-0.1, -0.05) is 0 Å². The maximum atomic E-state index is 12.9. The molecule has 0 spiro atoms. The highest BCUT2D eigenvalue weighted by molar-refractivity contribution is 5.94. The van der Waals surface area contributed by atoms with Crippen molar-refractivity contribution in [3.05, 3.63) is 71.4 Å². The summed E-state index contributed by atoms with van der Waals surface area (Å²) in [5, 5.41) is 4.30. The molecule has 1 aromatic carbocycles. The van der Waals surface area contributed by atoms with Gasteiger partial charge in [-0.15, -0.1) is 0 Å². The van der Waals surface area contributed by atoms with Crippen molar-refractivity contribution in [1.82, 2.24) is 19.6 Å². The first-order valence-electron chi connectivity index (χ1n) is 10.4. The first kappa shape index (κ1) is 20.9. The van der Waals surface area contributed by atoms with E-state index in [0.717, 1.165) is 31.1 Å². The monoisotopic (exact) mass is 422 g/mol. The lowest BCUT2D eigenvalue weighted by atomic mass is 10.1. The molecule has 3 aromatic rings. The number of rotatable bonds is 6. The Kier molecular flexibility index (Phi) is 6.18. The Bertz CT molecular complexity index is 1030. The largest absolute Gasteiger partial charge is 0.468 e. The quantitative estimate of drug-likeness (QED) is 0.568. The smallest absolute Gasteiger partial charge is 0.341 e. The van der Waals surface area contributed by atoms with E-state index in [1.165, 1.54) is 6.20 Å². The molecule has 0 atom stereocenters. The van der Waals surface area contributed by atoms with Crippen molar-refractivity contribution in [2.24, 2.45) is 0 Å². The Labute approximate surface area is 181 Å². The van der Waals surface area contributed by atoms with Gasteiger partial charge in [0.2, 0.25) is 0 Å². The highest BCUT2D eigenvalue weighted by Crippen LogP contribution is 2.17. The van der Waals surface area contributed by atoms with E-state index in [2.05, 4.69) is 10.00 Å². The summed E-state index contributed by atoms with van der Waals surface area (Å²) < 4.78 is 12.1. The number of esters is 1. The summed E-state index contributed by atoms with van der Waals surface area (Å²) in [4.78, 5) is 29.1. The molecule has 1 saturated heterocycles. The predicted molar refractivity (Wildman–Crippen MR) is 114 cm³/mol. The van der Waals surface area contributed by atoms with Crippen molar-refractivity contribution < 1.29 is 18.7 Å². The molecular weight excluding hydrogens is 396 g/mol. The van der Waals surface area contributed by atoms with Gasteiger partial charge in [-0.2, -0.15) is 5.10 Å². The maximum Gasteiger partial charge on any atom is 0.341 e. The van der Waals surface area contributed by atoms with E-state index in [1.807, 2.05) is 36.1 Å². The van der Waals surface area contributed by atoms with Crippen LogP contribution in [0.15, 0.2) is 53.3 Å². The molecule has 0 aliphatic carbocycles. The molecule has 1 aliphatic heterocycles. The zero-order valence-electron chi connectivity index (χ0n) is 17.8. The molecule has 0 saturated carbocycles. The molecule has 3 heterocycles. The van der Waals surface area contributed by atoms with Gasteiger partial charge in [0.15, 0.2) is 0 Å². The number of piperazine rings is 1. The van der Waals surface area contributed by atoms with Crippen LogP contribution in [0.1, 0.15) is 39.1 Å². The lowest BCUT2D eigenvalue weighted by molar-refractivity contribution is 0.0525. The number of hydrogen-bond donors (Lipinski definition) is 0. The van der Waals surface area contributed by atoms with Gasteiger partial charge in [0, 0.05) is 31.7 Å². The minimum Gasteiger partial charge on any atom is -0.468 e. The van der Waals surface area contributed by atoms with Crippen LogP contribution in [0.3, 0.4) is 0 Å². The fourth-order valence-electron chi connectivity index (χ4n) is 3.74. The van der Waals surface area contributed by atoms with Crippen molar-refractivity contribution in [2.75, 3.05) is 32.8 Å². The SMILES string of the molecule is CCOC(=O)c1cnn(-c2ccc(C(=O)N3CCN(Cc4ccco4)CC3)cc2)c1C. The summed E-state index contributed by atoms with van der Waals surface area (Å²) in [5.41, 5.74) is 2.56. The fraction of sp³-hybridized carbons (Fsp3) is 0.348. The van der Waals surface area contributed by atoms with E-state index in [-0.39, 0.29) is 11.9 Å². The Morgan fingerprint density at radius 3 is 2.48 bits per heavy atom. The van der Waals surface area contributed by atoms with Gasteiger partial charge in [-0.05, 0) is 50.2 Å². The number of carbonyl (C=O) groups excluding carboxylic acids is 2. The summed E-state index contributed by atoms with van der Waals surface area (Å²) in [6.45, 7) is 7.66. The van der Waals surface area contributed by atoms with Gasteiger partial charge in [0.25, 0.3) is 5.91 Å². The number of ether oxygens (including phenoxy) is 1. The zero-order valence-corrected chi connectivity index (χ0v) is 17.8. The van der Waals surface area contributed by atoms with Crippen LogP contribution in [0.4, 0.5) is 0 Å². The Morgan fingerprint density at radius 2 is 1.84 bits per heavy atom. The van der Waals surface area contributed by atoms with E-state index >= 15 is 0 Å². The molecule has 8 nitrogen and oxygen atoms in total. The van der Waals surface area contributed by atoms with Crippen LogP contribution in [0.5, 0.6) is 0 Å². The van der Waals surface area contributed by atoms with Crippen molar-refractivity contribution in [2.45, 2.75) is 20.4 Å². The summed E-state index contributed by atoms with van der Waals surface area (Å²) in [6, 6.07) is 11.2. The molecule has 1 amide bonds. The van der Waals surface area contributed by atoms with Gasteiger partial charge in [-0.3, -0.25) is 9.69 Å². The first-order chi connectivity index (χ1) is 15.1. The van der Waals surface area contributed by atoms with Gasteiger partial charge in [-0.25, -0.2) is 9.48 Å². The first-order valence-corrected chi connectivity index (χ1v) is 10.4. The van der Waals surface area contributed by atoms with Crippen molar-refractivity contribution in [1.29, 1.82) is 0 Å². The standard InChI is InChI=1S/C23H26N4O4/c1-3-30-23(29)21-15-24-27(17(21)2)19-8-6-18(7-9-19)22(28)26-12-10-25(11-13-26)16-20-5-4-14-31-20/h4-9,14-15H,3,10-13,16H2,1-2H3. The van der Waals surface area contributed by atoms with E-state index in [9.17, 15) is 9.59 Å². The van der Waals surface area contributed by atoms with Crippen LogP contribution in [-0.4, -0.2) is 64.2 Å². The van der Waals surface area contributed by atoms with Crippen LogP contribution < -0.4 is 0 Å². The van der Waals surface area contributed by atoms with E-state index in [1.54, 1.807) is 30.0 Å². The molecule has 0 radical (unpaired) electrons. The molecule has 31 heavy (non-hydrogen) atoms. The maximum absolute atomic E-state index is 12.9. The minimum atomic E-state index is -0.385. The van der Waals surface area contributed by atoms with Crippen LogP contribution in [-0.2, 0) is 11.3 Å². The molecular formula is C23H26N4O4. The van der Waals surface area contributed by atoms with Gasteiger partial charge in [0.05, 0.1) is 37.0 Å². The summed E-state index contributed by atoms with van der Waals surface area (Å²) in [6.07, 6.45) is 3.19. The number of furan rings is 1. The lowest BCUT2D eigenvalue weighted by Gasteiger charge is -2.34. The second-order valence-electron chi connectivity index (χ2n) is 7.47. The summed E-state index contributed by atoms with van der Waals surface area (Å²) in [7, 11) is 0. The normalized spacial score (nSPS) is 14.6.